The topological polar surface area (TPSA) is 36.3 Å². The van der Waals surface area contributed by atoms with Gasteiger partial charge in [-0.1, -0.05) is 12.6 Å². The zero-order chi connectivity index (χ0) is 16.8. The van der Waals surface area contributed by atoms with Crippen molar-refractivity contribution in [2.75, 3.05) is 29.9 Å². The van der Waals surface area contributed by atoms with Crippen LogP contribution in [-0.2, 0) is 0 Å². The van der Waals surface area contributed by atoms with Crippen LogP contribution in [0.25, 0.3) is 11.1 Å². The number of hydrogen-bond acceptors (Lipinski definition) is 4. The Morgan fingerprint density at radius 1 is 1.25 bits per heavy atom. The lowest BCUT2D eigenvalue weighted by atomic mass is 10.0. The molecular formula is C19H25N5. The molecule has 1 aromatic carbocycles. The number of benzene rings is 1. The third kappa shape index (κ3) is 2.31. The van der Waals surface area contributed by atoms with Crippen LogP contribution in [0.3, 0.4) is 0 Å². The van der Waals surface area contributed by atoms with Crippen molar-refractivity contribution in [2.24, 2.45) is 0 Å². The Bertz CT molecular complexity index is 765. The minimum atomic E-state index is 0.466. The molecule has 1 aromatic heterocycles. The van der Waals surface area contributed by atoms with E-state index in [9.17, 15) is 0 Å². The van der Waals surface area contributed by atoms with Crippen molar-refractivity contribution in [1.82, 2.24) is 15.1 Å². The van der Waals surface area contributed by atoms with Crippen LogP contribution in [0.5, 0.6) is 0 Å². The van der Waals surface area contributed by atoms with E-state index in [1.165, 1.54) is 22.5 Å². The molecule has 0 bridgehead atoms. The molecule has 4 rings (SSSR count). The second kappa shape index (κ2) is 5.67. The highest BCUT2D eigenvalue weighted by molar-refractivity contribution is 5.81. The fraction of sp³-hybridized carbons (Fsp3) is 0.421. The zero-order valence-electron chi connectivity index (χ0n) is 14.6. The molecule has 2 aliphatic heterocycles. The lowest BCUT2D eigenvalue weighted by molar-refractivity contribution is 0.234. The number of nitrogens with zero attached hydrogens (tertiary/aromatic N) is 4. The van der Waals surface area contributed by atoms with Crippen LogP contribution in [0.1, 0.15) is 19.9 Å². The van der Waals surface area contributed by atoms with E-state index in [1.54, 1.807) is 0 Å². The van der Waals surface area contributed by atoms with Crippen LogP contribution < -0.4 is 15.1 Å². The third-order valence-electron chi connectivity index (χ3n) is 5.51. The number of aromatic nitrogens is 2. The first-order chi connectivity index (χ1) is 11.6. The van der Waals surface area contributed by atoms with E-state index in [2.05, 4.69) is 76.8 Å². The van der Waals surface area contributed by atoms with Crippen molar-refractivity contribution in [3.8, 4) is 11.1 Å². The molecule has 1 N–H and O–H groups in total. The summed E-state index contributed by atoms with van der Waals surface area (Å²) in [4.78, 5) is 4.58. The van der Waals surface area contributed by atoms with Crippen LogP contribution in [0.4, 0.5) is 11.4 Å². The van der Waals surface area contributed by atoms with E-state index < -0.39 is 0 Å². The highest BCUT2D eigenvalue weighted by Crippen LogP contribution is 2.38. The molecule has 0 spiro atoms. The Morgan fingerprint density at radius 2 is 2.08 bits per heavy atom. The van der Waals surface area contributed by atoms with Gasteiger partial charge >= 0.3 is 0 Å². The Kier molecular flexibility index (Phi) is 3.61. The highest BCUT2D eigenvalue weighted by atomic mass is 15.3. The molecule has 2 aromatic rings. The molecular weight excluding hydrogens is 298 g/mol. The van der Waals surface area contributed by atoms with Crippen molar-refractivity contribution in [3.63, 3.8) is 0 Å². The number of nitrogens with one attached hydrogen (secondary N) is 1. The van der Waals surface area contributed by atoms with Gasteiger partial charge in [0.15, 0.2) is 0 Å². The Hall–Kier alpha value is -2.27. The number of hydrogen-bond donors (Lipinski definition) is 1. The van der Waals surface area contributed by atoms with Crippen LogP contribution in [0.15, 0.2) is 43.4 Å². The molecule has 2 aliphatic rings. The summed E-state index contributed by atoms with van der Waals surface area (Å²) in [6, 6.07) is 8.08. The number of likely N-dealkylation sites (N-methyl/N-ethyl adjacent to an activating group) is 1. The molecule has 0 saturated carbocycles. The largest absolute Gasteiger partial charge is 0.368 e. The third-order valence-corrected chi connectivity index (χ3v) is 5.51. The molecule has 5 heteroatoms. The summed E-state index contributed by atoms with van der Waals surface area (Å²) in [5.74, 6) is 0. The van der Waals surface area contributed by atoms with E-state index in [-0.39, 0.29) is 0 Å². The summed E-state index contributed by atoms with van der Waals surface area (Å²) >= 11 is 0. The van der Waals surface area contributed by atoms with Crippen LogP contribution in [0.2, 0.25) is 0 Å². The lowest BCUT2D eigenvalue weighted by Crippen LogP contribution is -2.51. The van der Waals surface area contributed by atoms with Crippen molar-refractivity contribution in [2.45, 2.75) is 32.0 Å². The van der Waals surface area contributed by atoms with Gasteiger partial charge in [0.2, 0.25) is 0 Å². The van der Waals surface area contributed by atoms with Gasteiger partial charge in [-0.3, -0.25) is 4.68 Å². The number of fused-ring (bicyclic) bond motifs is 1. The second-order valence-electron chi connectivity index (χ2n) is 6.97. The molecule has 0 amide bonds. The fourth-order valence-corrected chi connectivity index (χ4v) is 3.60. The van der Waals surface area contributed by atoms with Crippen molar-refractivity contribution >= 4 is 11.4 Å². The highest BCUT2D eigenvalue weighted by Gasteiger charge is 2.29. The average molecular weight is 323 g/mol. The van der Waals surface area contributed by atoms with Gasteiger partial charge in [0.25, 0.3) is 0 Å². The summed E-state index contributed by atoms with van der Waals surface area (Å²) in [7, 11) is 2.16. The quantitative estimate of drug-likeness (QED) is 0.942. The minimum absolute atomic E-state index is 0.466. The first kappa shape index (κ1) is 15.3. The Balaban J connectivity index is 1.69. The van der Waals surface area contributed by atoms with E-state index >= 15 is 0 Å². The predicted molar refractivity (Wildman–Crippen MR) is 99.6 cm³/mol. The number of anilines is 2. The molecule has 0 radical (unpaired) electrons. The average Bonchev–Trinajstić information content (AvgIpc) is 3.05. The van der Waals surface area contributed by atoms with E-state index in [0.29, 0.717) is 18.1 Å². The normalized spacial score (nSPS) is 26.0. The molecule has 1 saturated heterocycles. The molecule has 0 aliphatic carbocycles. The molecule has 3 atom stereocenters. The number of rotatable bonds is 3. The molecule has 126 valence electrons. The van der Waals surface area contributed by atoms with Gasteiger partial charge in [0.1, 0.15) is 0 Å². The maximum Gasteiger partial charge on any atom is 0.0793 e. The monoisotopic (exact) mass is 323 g/mol. The standard InChI is InChI=1S/C19H25N5/c1-5-23-11-13(2)22(4)17-7-6-15(8-18(17)23)16-9-21-24(12-16)19-10-20-14(19)3/h5-9,12-14,19-20H,1,10-11H2,2-4H3. The summed E-state index contributed by atoms with van der Waals surface area (Å²) in [6.07, 6.45) is 6.06. The summed E-state index contributed by atoms with van der Waals surface area (Å²) < 4.78 is 2.09. The lowest BCUT2D eigenvalue weighted by Gasteiger charge is -2.40. The van der Waals surface area contributed by atoms with Gasteiger partial charge in [-0.25, -0.2) is 0 Å². The predicted octanol–water partition coefficient (Wildman–Crippen LogP) is 2.87. The van der Waals surface area contributed by atoms with Crippen molar-refractivity contribution < 1.29 is 0 Å². The van der Waals surface area contributed by atoms with Gasteiger partial charge in [-0.15, -0.1) is 0 Å². The smallest absolute Gasteiger partial charge is 0.0793 e. The van der Waals surface area contributed by atoms with E-state index in [1.807, 2.05) is 12.4 Å². The van der Waals surface area contributed by atoms with E-state index in [4.69, 9.17) is 0 Å². The SMILES string of the molecule is C=CN1CC(C)N(C)c2ccc(-c3cnn(C4CNC4C)c3)cc21. The van der Waals surface area contributed by atoms with Crippen LogP contribution >= 0.6 is 0 Å². The van der Waals surface area contributed by atoms with Gasteiger partial charge in [0.05, 0.1) is 23.6 Å². The molecule has 24 heavy (non-hydrogen) atoms. The molecule has 5 nitrogen and oxygen atoms in total. The van der Waals surface area contributed by atoms with Crippen LogP contribution in [-0.4, -0.2) is 42.0 Å². The summed E-state index contributed by atoms with van der Waals surface area (Å²) in [6.45, 7) is 10.4. The summed E-state index contributed by atoms with van der Waals surface area (Å²) in [5, 5.41) is 7.96. The molecule has 3 unspecified atom stereocenters. The van der Waals surface area contributed by atoms with Crippen molar-refractivity contribution in [3.05, 3.63) is 43.4 Å². The first-order valence-corrected chi connectivity index (χ1v) is 8.62. The maximum absolute atomic E-state index is 4.58. The maximum atomic E-state index is 4.58. The molecule has 3 heterocycles. The molecule has 1 fully saturated rings. The Labute approximate surface area is 143 Å². The van der Waals surface area contributed by atoms with Gasteiger partial charge in [-0.2, -0.15) is 5.10 Å². The van der Waals surface area contributed by atoms with Gasteiger partial charge < -0.3 is 15.1 Å². The zero-order valence-corrected chi connectivity index (χ0v) is 14.6. The second-order valence-corrected chi connectivity index (χ2v) is 6.97. The minimum Gasteiger partial charge on any atom is -0.368 e. The van der Waals surface area contributed by atoms with Crippen molar-refractivity contribution in [1.29, 1.82) is 0 Å². The Morgan fingerprint density at radius 3 is 2.75 bits per heavy atom. The van der Waals surface area contributed by atoms with Gasteiger partial charge in [0, 0.05) is 44.0 Å². The van der Waals surface area contributed by atoms with E-state index in [0.717, 1.165) is 13.1 Å². The summed E-state index contributed by atoms with van der Waals surface area (Å²) in [5.41, 5.74) is 4.84. The fourth-order valence-electron chi connectivity index (χ4n) is 3.60. The van der Waals surface area contributed by atoms with Crippen LogP contribution in [0, 0.1) is 0 Å². The van der Waals surface area contributed by atoms with Gasteiger partial charge in [-0.05, 0) is 37.7 Å². The first-order valence-electron chi connectivity index (χ1n) is 8.62.